The Morgan fingerprint density at radius 1 is 1.31 bits per heavy atom. The van der Waals surface area contributed by atoms with Crippen LogP contribution in [0.1, 0.15) is 20.2 Å². The van der Waals surface area contributed by atoms with Gasteiger partial charge < -0.3 is 19.9 Å². The molecular formula is C16H16N4O5S. The first kappa shape index (κ1) is 17.8. The SMILES string of the molecule is COCCNC(=O)c1cc2c(cn1)ncn2-c1cc(O)c(C(=O)OC)s1. The number of imidazole rings is 1. The van der Waals surface area contributed by atoms with Gasteiger partial charge in [0.1, 0.15) is 28.3 Å². The summed E-state index contributed by atoms with van der Waals surface area (Å²) in [6.45, 7) is 0.770. The predicted octanol–water partition coefficient (Wildman–Crippen LogP) is 1.35. The van der Waals surface area contributed by atoms with Crippen molar-refractivity contribution < 1.29 is 24.2 Å². The molecule has 0 atom stereocenters. The van der Waals surface area contributed by atoms with Crippen LogP contribution in [0.2, 0.25) is 0 Å². The van der Waals surface area contributed by atoms with E-state index in [1.165, 1.54) is 25.7 Å². The van der Waals surface area contributed by atoms with Gasteiger partial charge in [-0.05, 0) is 6.07 Å². The van der Waals surface area contributed by atoms with Gasteiger partial charge in [-0.2, -0.15) is 0 Å². The second kappa shape index (κ2) is 7.50. The number of fused-ring (bicyclic) bond motifs is 1. The summed E-state index contributed by atoms with van der Waals surface area (Å²) in [6, 6.07) is 3.04. The van der Waals surface area contributed by atoms with Crippen LogP contribution in [0.25, 0.3) is 16.0 Å². The molecule has 0 saturated carbocycles. The van der Waals surface area contributed by atoms with Crippen LogP contribution < -0.4 is 5.32 Å². The van der Waals surface area contributed by atoms with Crippen molar-refractivity contribution in [2.24, 2.45) is 0 Å². The molecule has 0 bridgehead atoms. The molecule has 3 aromatic heterocycles. The topological polar surface area (TPSA) is 116 Å². The van der Waals surface area contributed by atoms with Crippen LogP contribution in [-0.4, -0.2) is 58.9 Å². The number of aromatic nitrogens is 3. The zero-order valence-corrected chi connectivity index (χ0v) is 14.9. The van der Waals surface area contributed by atoms with Crippen molar-refractivity contribution in [3.8, 4) is 10.8 Å². The monoisotopic (exact) mass is 376 g/mol. The van der Waals surface area contributed by atoms with Crippen LogP contribution in [0.3, 0.4) is 0 Å². The number of amides is 1. The highest BCUT2D eigenvalue weighted by atomic mass is 32.1. The molecule has 0 aliphatic carbocycles. The molecule has 0 unspecified atom stereocenters. The molecule has 0 fully saturated rings. The molecule has 0 saturated heterocycles. The number of carbonyl (C=O) groups is 2. The van der Waals surface area contributed by atoms with E-state index in [1.54, 1.807) is 17.7 Å². The number of hydrogen-bond donors (Lipinski definition) is 2. The first-order chi connectivity index (χ1) is 12.5. The van der Waals surface area contributed by atoms with E-state index in [9.17, 15) is 14.7 Å². The van der Waals surface area contributed by atoms with Gasteiger partial charge in [0.2, 0.25) is 0 Å². The Hall–Kier alpha value is -2.98. The standard InChI is InChI=1S/C16H16N4O5S/c1-24-4-3-17-15(22)9-5-11-10(7-18-9)19-8-20(11)13-6-12(21)14(26-13)16(23)25-2/h5-8,21H,3-4H2,1-2H3,(H,17,22). The number of aromatic hydroxyl groups is 1. The molecule has 3 rings (SSSR count). The molecule has 1 amide bonds. The van der Waals surface area contributed by atoms with E-state index in [1.807, 2.05) is 0 Å². The fraction of sp³-hybridized carbons (Fsp3) is 0.250. The zero-order chi connectivity index (χ0) is 18.7. The van der Waals surface area contributed by atoms with Crippen LogP contribution in [0.5, 0.6) is 5.75 Å². The minimum absolute atomic E-state index is 0.0935. The van der Waals surface area contributed by atoms with E-state index in [2.05, 4.69) is 20.0 Å². The Morgan fingerprint density at radius 2 is 2.12 bits per heavy atom. The first-order valence-electron chi connectivity index (χ1n) is 7.57. The highest BCUT2D eigenvalue weighted by Gasteiger charge is 2.19. The van der Waals surface area contributed by atoms with Gasteiger partial charge in [-0.1, -0.05) is 0 Å². The third kappa shape index (κ3) is 3.37. The lowest BCUT2D eigenvalue weighted by Gasteiger charge is -2.05. The normalized spacial score (nSPS) is 10.8. The summed E-state index contributed by atoms with van der Waals surface area (Å²) >= 11 is 1.06. The number of hydrogen-bond acceptors (Lipinski definition) is 8. The first-order valence-corrected chi connectivity index (χ1v) is 8.38. The molecule has 2 N–H and O–H groups in total. The second-order valence-corrected chi connectivity index (χ2v) is 6.24. The Morgan fingerprint density at radius 3 is 2.85 bits per heavy atom. The van der Waals surface area contributed by atoms with Gasteiger partial charge in [-0.25, -0.2) is 14.8 Å². The summed E-state index contributed by atoms with van der Waals surface area (Å²) in [5.41, 5.74) is 1.42. The molecule has 3 aromatic rings. The van der Waals surface area contributed by atoms with Gasteiger partial charge >= 0.3 is 5.97 Å². The number of nitrogens with zero attached hydrogens (tertiary/aromatic N) is 3. The van der Waals surface area contributed by atoms with Gasteiger partial charge in [0, 0.05) is 19.7 Å². The van der Waals surface area contributed by atoms with Crippen molar-refractivity contribution in [2.75, 3.05) is 27.4 Å². The molecule has 9 nitrogen and oxygen atoms in total. The van der Waals surface area contributed by atoms with Crippen molar-refractivity contribution >= 4 is 34.2 Å². The maximum Gasteiger partial charge on any atom is 0.351 e. The number of rotatable bonds is 6. The van der Waals surface area contributed by atoms with Crippen molar-refractivity contribution in [3.05, 3.63) is 35.2 Å². The summed E-state index contributed by atoms with van der Waals surface area (Å²) in [5, 5.41) is 13.2. The minimum Gasteiger partial charge on any atom is -0.506 e. The third-order valence-corrected chi connectivity index (χ3v) is 4.67. The van der Waals surface area contributed by atoms with Crippen molar-refractivity contribution in [3.63, 3.8) is 0 Å². The Kier molecular flexibility index (Phi) is 5.14. The van der Waals surface area contributed by atoms with Crippen molar-refractivity contribution in [1.82, 2.24) is 19.9 Å². The fourth-order valence-electron chi connectivity index (χ4n) is 2.30. The summed E-state index contributed by atoms with van der Waals surface area (Å²) in [5.74, 6) is -1.13. The van der Waals surface area contributed by atoms with Crippen molar-refractivity contribution in [2.45, 2.75) is 0 Å². The average Bonchev–Trinajstić information content (AvgIpc) is 3.23. The highest BCUT2D eigenvalue weighted by molar-refractivity contribution is 7.16. The Bertz CT molecular complexity index is 965. The van der Waals surface area contributed by atoms with Crippen LogP contribution in [0, 0.1) is 0 Å². The summed E-state index contributed by atoms with van der Waals surface area (Å²) in [4.78, 5) is 32.3. The molecular weight excluding hydrogens is 360 g/mol. The Balaban J connectivity index is 1.96. The number of ether oxygens (including phenoxy) is 2. The number of esters is 1. The van der Waals surface area contributed by atoms with Crippen LogP contribution in [0.4, 0.5) is 0 Å². The molecule has 0 spiro atoms. The summed E-state index contributed by atoms with van der Waals surface area (Å²) in [6.07, 6.45) is 3.02. The van der Waals surface area contributed by atoms with E-state index in [0.29, 0.717) is 29.2 Å². The number of thiophene rings is 1. The lowest BCUT2D eigenvalue weighted by Crippen LogP contribution is -2.27. The predicted molar refractivity (Wildman–Crippen MR) is 94.0 cm³/mol. The Labute approximate surface area is 152 Å². The van der Waals surface area contributed by atoms with Gasteiger partial charge in [-0.15, -0.1) is 11.3 Å². The van der Waals surface area contributed by atoms with Crippen LogP contribution in [-0.2, 0) is 9.47 Å². The summed E-state index contributed by atoms with van der Waals surface area (Å²) in [7, 11) is 2.79. The van der Waals surface area contributed by atoms with E-state index < -0.39 is 5.97 Å². The second-order valence-electron chi connectivity index (χ2n) is 5.21. The van der Waals surface area contributed by atoms with E-state index in [4.69, 9.17) is 4.74 Å². The van der Waals surface area contributed by atoms with Gasteiger partial charge in [-0.3, -0.25) is 9.36 Å². The molecule has 0 radical (unpaired) electrons. The van der Waals surface area contributed by atoms with E-state index >= 15 is 0 Å². The third-order valence-electron chi connectivity index (χ3n) is 3.57. The van der Waals surface area contributed by atoms with Gasteiger partial charge in [0.15, 0.2) is 4.88 Å². The molecule has 3 heterocycles. The summed E-state index contributed by atoms with van der Waals surface area (Å²) < 4.78 is 11.2. The molecule has 0 aliphatic rings. The zero-order valence-electron chi connectivity index (χ0n) is 14.1. The largest absolute Gasteiger partial charge is 0.506 e. The maximum atomic E-state index is 12.2. The van der Waals surface area contributed by atoms with Crippen LogP contribution >= 0.6 is 11.3 Å². The van der Waals surface area contributed by atoms with Gasteiger partial charge in [0.25, 0.3) is 5.91 Å². The molecule has 0 aliphatic heterocycles. The van der Waals surface area contributed by atoms with Gasteiger partial charge in [0.05, 0.1) is 25.4 Å². The number of methoxy groups -OCH3 is 2. The number of pyridine rings is 1. The fourth-order valence-corrected chi connectivity index (χ4v) is 3.25. The van der Waals surface area contributed by atoms with E-state index in [0.717, 1.165) is 11.3 Å². The molecule has 10 heteroatoms. The molecule has 26 heavy (non-hydrogen) atoms. The lowest BCUT2D eigenvalue weighted by molar-refractivity contribution is 0.0603. The van der Waals surface area contributed by atoms with E-state index in [-0.39, 0.29) is 22.2 Å². The molecule has 136 valence electrons. The minimum atomic E-state index is -0.622. The number of carbonyl (C=O) groups excluding carboxylic acids is 2. The average molecular weight is 376 g/mol. The highest BCUT2D eigenvalue weighted by Crippen LogP contribution is 2.33. The maximum absolute atomic E-state index is 12.2. The lowest BCUT2D eigenvalue weighted by atomic mass is 10.3. The number of nitrogens with one attached hydrogen (secondary N) is 1. The molecule has 0 aromatic carbocycles. The quantitative estimate of drug-likeness (QED) is 0.493. The smallest absolute Gasteiger partial charge is 0.351 e. The van der Waals surface area contributed by atoms with Crippen molar-refractivity contribution in [1.29, 1.82) is 0 Å². The van der Waals surface area contributed by atoms with Crippen LogP contribution in [0.15, 0.2) is 24.7 Å².